The zero-order chi connectivity index (χ0) is 10.8. The summed E-state index contributed by atoms with van der Waals surface area (Å²) in [6.45, 7) is 1.76. The van der Waals surface area contributed by atoms with E-state index in [-0.39, 0.29) is 0 Å². The van der Waals surface area contributed by atoms with Gasteiger partial charge in [-0.1, -0.05) is 11.6 Å². The van der Waals surface area contributed by atoms with Crippen molar-refractivity contribution in [3.8, 4) is 0 Å². The maximum Gasteiger partial charge on any atom is 0.133 e. The molecule has 3 nitrogen and oxygen atoms in total. The normalized spacial score (nSPS) is 12.9. The second kappa shape index (κ2) is 4.42. The predicted molar refractivity (Wildman–Crippen MR) is 59.2 cm³/mol. The molecule has 0 bridgehead atoms. The molecule has 1 heterocycles. The van der Waals surface area contributed by atoms with E-state index in [1.807, 2.05) is 17.5 Å². The summed E-state index contributed by atoms with van der Waals surface area (Å²) < 4.78 is 12.4. The Morgan fingerprint density at radius 3 is 2.64 bits per heavy atom. The molecular weight excluding hydrogens is 225 g/mol. The zero-order valence-electron chi connectivity index (χ0n) is 8.34. The van der Waals surface area contributed by atoms with Gasteiger partial charge in [-0.05, 0) is 25.5 Å². The highest BCUT2D eigenvalue weighted by Gasteiger charge is 2.13. The minimum Gasteiger partial charge on any atom is -0.237 e. The first-order chi connectivity index (χ1) is 6.43. The van der Waals surface area contributed by atoms with E-state index >= 15 is 0 Å². The molecule has 0 aliphatic carbocycles. The molecule has 0 aromatic carbocycles. The van der Waals surface area contributed by atoms with Gasteiger partial charge in [0.2, 0.25) is 0 Å². The largest absolute Gasteiger partial charge is 0.237 e. The van der Waals surface area contributed by atoms with Crippen molar-refractivity contribution in [3.63, 3.8) is 0 Å². The molecule has 1 N–H and O–H groups in total. The zero-order valence-corrected chi connectivity index (χ0v) is 9.92. The molecule has 80 valence electrons. The van der Waals surface area contributed by atoms with Crippen molar-refractivity contribution in [2.75, 3.05) is 12.5 Å². The average molecular weight is 238 g/mol. The summed E-state index contributed by atoms with van der Waals surface area (Å²) in [5.41, 5.74) is 0.771. The molecule has 0 saturated heterocycles. The minimum absolute atomic E-state index is 0.404. The Morgan fingerprint density at radius 1 is 1.50 bits per heavy atom. The Kier molecular flexibility index (Phi) is 3.69. The number of aromatic nitrogens is 2. The lowest BCUT2D eigenvalue weighted by atomic mass is 10.4. The van der Waals surface area contributed by atoms with Gasteiger partial charge in [-0.25, -0.2) is 9.97 Å². The van der Waals surface area contributed by atoms with Crippen molar-refractivity contribution in [1.29, 1.82) is 0 Å². The van der Waals surface area contributed by atoms with E-state index in [2.05, 4.69) is 9.97 Å². The van der Waals surface area contributed by atoms with Gasteiger partial charge in [-0.2, -0.15) is 10.2 Å². The first-order valence-electron chi connectivity index (χ1n) is 4.01. The lowest BCUT2D eigenvalue weighted by Crippen LogP contribution is -2.12. The summed E-state index contributed by atoms with van der Waals surface area (Å²) in [7, 11) is -1.47. The number of hydrogen-bond donors (Lipinski definition) is 1. The maximum atomic E-state index is 12.4. The molecule has 0 aliphatic heterocycles. The first kappa shape index (κ1) is 11.7. The van der Waals surface area contributed by atoms with Crippen molar-refractivity contribution >= 4 is 21.8 Å². The van der Waals surface area contributed by atoms with E-state index in [0.29, 0.717) is 16.7 Å². The number of rotatable bonds is 3. The molecule has 1 rings (SSSR count). The van der Waals surface area contributed by atoms with Crippen molar-refractivity contribution in [2.24, 2.45) is 0 Å². The molecule has 1 aromatic heterocycles. The van der Waals surface area contributed by atoms with Gasteiger partial charge >= 0.3 is 0 Å². The quantitative estimate of drug-likeness (QED) is 0.648. The van der Waals surface area contributed by atoms with Gasteiger partial charge in [-0.3, -0.25) is 0 Å². The van der Waals surface area contributed by atoms with Crippen LogP contribution in [0.1, 0.15) is 11.5 Å². The predicted octanol–water partition coefficient (Wildman–Crippen LogP) is 2.39. The molecule has 6 heteroatoms. The average Bonchev–Trinajstić information content (AvgIpc) is 2.01. The van der Waals surface area contributed by atoms with E-state index in [4.69, 9.17) is 11.6 Å². The van der Waals surface area contributed by atoms with Gasteiger partial charge in [0.15, 0.2) is 0 Å². The number of halogens is 2. The van der Waals surface area contributed by atoms with Crippen LogP contribution in [0.4, 0.5) is 4.48 Å². The van der Waals surface area contributed by atoms with Crippen LogP contribution in [-0.2, 0) is 5.75 Å². The van der Waals surface area contributed by atoms with Crippen LogP contribution in [0, 0.1) is 6.92 Å². The van der Waals surface area contributed by atoms with Crippen molar-refractivity contribution in [1.82, 2.24) is 14.9 Å². The molecule has 0 saturated carbocycles. The standard InChI is InChI=1S/C8H13ClFN3S/c1-6-11-7(4-8(9)12-6)5-14(2,3)13-10/h4,13H,5H2,1-3H3. The summed E-state index contributed by atoms with van der Waals surface area (Å²) >= 11 is 5.77. The van der Waals surface area contributed by atoms with Gasteiger partial charge in [0.25, 0.3) is 0 Å². The number of nitrogens with zero attached hydrogens (tertiary/aromatic N) is 2. The van der Waals surface area contributed by atoms with Gasteiger partial charge in [0, 0.05) is 5.75 Å². The van der Waals surface area contributed by atoms with Gasteiger partial charge in [0.1, 0.15) is 11.0 Å². The van der Waals surface area contributed by atoms with Crippen LogP contribution in [0.25, 0.3) is 0 Å². The van der Waals surface area contributed by atoms with Crippen molar-refractivity contribution in [3.05, 3.63) is 22.7 Å². The molecule has 0 unspecified atom stereocenters. The third-order valence-corrected chi connectivity index (χ3v) is 3.21. The Balaban J connectivity index is 2.87. The van der Waals surface area contributed by atoms with Crippen molar-refractivity contribution in [2.45, 2.75) is 12.7 Å². The monoisotopic (exact) mass is 237 g/mol. The SMILES string of the molecule is Cc1nc(Cl)cc(CS(C)(C)NF)n1. The number of aryl methyl sites for hydroxylation is 1. The molecule has 1 aromatic rings. The van der Waals surface area contributed by atoms with Crippen molar-refractivity contribution < 1.29 is 4.48 Å². The van der Waals surface area contributed by atoms with Gasteiger partial charge in [-0.15, -0.1) is 9.43 Å². The molecule has 0 amide bonds. The summed E-state index contributed by atoms with van der Waals surface area (Å²) in [5, 5.41) is 0.404. The molecular formula is C8H13ClFN3S. The van der Waals surface area contributed by atoms with E-state index < -0.39 is 10.2 Å². The number of nitrogens with one attached hydrogen (secondary N) is 1. The minimum atomic E-state index is -1.47. The van der Waals surface area contributed by atoms with E-state index in [1.54, 1.807) is 13.0 Å². The highest BCUT2D eigenvalue weighted by Crippen LogP contribution is 2.38. The van der Waals surface area contributed by atoms with Gasteiger partial charge in [0.05, 0.1) is 5.69 Å². The summed E-state index contributed by atoms with van der Waals surface area (Å²) in [5.74, 6) is 1.16. The lowest BCUT2D eigenvalue weighted by Gasteiger charge is -2.26. The second-order valence-electron chi connectivity index (χ2n) is 3.49. The van der Waals surface area contributed by atoms with Crippen LogP contribution in [0.3, 0.4) is 0 Å². The molecule has 0 spiro atoms. The molecule has 14 heavy (non-hydrogen) atoms. The molecule has 0 atom stereocenters. The molecule has 0 aliphatic rings. The van der Waals surface area contributed by atoms with Gasteiger partial charge < -0.3 is 0 Å². The summed E-state index contributed by atoms with van der Waals surface area (Å²) in [4.78, 5) is 9.93. The third kappa shape index (κ3) is 3.40. The fraction of sp³-hybridized carbons (Fsp3) is 0.500. The number of hydrogen-bond acceptors (Lipinski definition) is 3. The van der Waals surface area contributed by atoms with Crippen LogP contribution >= 0.6 is 21.8 Å². The molecule has 0 fully saturated rings. The topological polar surface area (TPSA) is 37.8 Å². The second-order valence-corrected chi connectivity index (χ2v) is 7.40. The lowest BCUT2D eigenvalue weighted by molar-refractivity contribution is 0.458. The van der Waals surface area contributed by atoms with E-state index in [9.17, 15) is 4.48 Å². The van der Waals surface area contributed by atoms with E-state index in [0.717, 1.165) is 5.69 Å². The van der Waals surface area contributed by atoms with Crippen LogP contribution in [-0.4, -0.2) is 22.5 Å². The Hall–Kier alpha value is -0.390. The van der Waals surface area contributed by atoms with Crippen LogP contribution in [0.15, 0.2) is 6.07 Å². The van der Waals surface area contributed by atoms with Crippen LogP contribution in [0.5, 0.6) is 0 Å². The fourth-order valence-electron chi connectivity index (χ4n) is 1.06. The smallest absolute Gasteiger partial charge is 0.133 e. The fourth-order valence-corrected chi connectivity index (χ4v) is 2.25. The summed E-state index contributed by atoms with van der Waals surface area (Å²) in [6, 6.07) is 1.67. The summed E-state index contributed by atoms with van der Waals surface area (Å²) in [6.07, 6.45) is 3.66. The Bertz CT molecular complexity index is 312. The molecule has 0 radical (unpaired) electrons. The van der Waals surface area contributed by atoms with Crippen LogP contribution < -0.4 is 4.94 Å². The highest BCUT2D eigenvalue weighted by atomic mass is 35.5. The van der Waals surface area contributed by atoms with E-state index in [1.165, 1.54) is 0 Å². The Labute approximate surface area is 89.5 Å². The first-order valence-corrected chi connectivity index (χ1v) is 7.01. The van der Waals surface area contributed by atoms with Crippen LogP contribution in [0.2, 0.25) is 5.15 Å². The maximum absolute atomic E-state index is 12.4. The Morgan fingerprint density at radius 2 is 2.14 bits per heavy atom. The highest BCUT2D eigenvalue weighted by molar-refractivity contribution is 8.30. The third-order valence-electron chi connectivity index (χ3n) is 1.58.